The number of nitrogens with one attached hydrogen (secondary N) is 3. The molecule has 1 unspecified atom stereocenters. The summed E-state index contributed by atoms with van der Waals surface area (Å²) in [6, 6.07) is 8.11. The van der Waals surface area contributed by atoms with E-state index in [2.05, 4.69) is 25.9 Å². The van der Waals surface area contributed by atoms with Crippen molar-refractivity contribution < 1.29 is 24.4 Å². The van der Waals surface area contributed by atoms with Crippen LogP contribution in [0.25, 0.3) is 0 Å². The van der Waals surface area contributed by atoms with Crippen LogP contribution in [0.1, 0.15) is 36.3 Å². The van der Waals surface area contributed by atoms with Crippen LogP contribution in [0.5, 0.6) is 0 Å². The van der Waals surface area contributed by atoms with Gasteiger partial charge < -0.3 is 26.0 Å². The van der Waals surface area contributed by atoms with Gasteiger partial charge >= 0.3 is 7.12 Å². The quantitative estimate of drug-likeness (QED) is 0.294. The number of hydrogen-bond acceptors (Lipinski definition) is 7. The van der Waals surface area contributed by atoms with Crippen LogP contribution in [0.15, 0.2) is 48.9 Å². The minimum absolute atomic E-state index is 0.0624. The van der Waals surface area contributed by atoms with E-state index in [1.807, 2.05) is 44.2 Å². The standard InChI is InChI=1S/C21H28BN5O5/c1-14(2)10-18(22(31)32)27-21(30)16(11-15-6-4-3-5-7-15)26-19(28)13-25-20(29)17-12-23-8-9-24-17/h3-9,12,14,16,18,31-32H,10-11,13H2,1-2H3,(H,25,29)(H,26,28)(H,27,30)/t16-,18?/m0/s1. The molecule has 0 saturated carbocycles. The summed E-state index contributed by atoms with van der Waals surface area (Å²) in [4.78, 5) is 45.0. The monoisotopic (exact) mass is 441 g/mol. The molecule has 3 amide bonds. The maximum absolute atomic E-state index is 12.9. The van der Waals surface area contributed by atoms with Crippen molar-refractivity contribution >= 4 is 24.8 Å². The summed E-state index contributed by atoms with van der Waals surface area (Å²) in [6.45, 7) is 3.42. The molecule has 1 aromatic heterocycles. The maximum Gasteiger partial charge on any atom is 0.475 e. The Bertz CT molecular complexity index is 883. The Morgan fingerprint density at radius 2 is 1.78 bits per heavy atom. The second-order valence-electron chi connectivity index (χ2n) is 7.74. The smallest absolute Gasteiger partial charge is 0.426 e. The van der Waals surface area contributed by atoms with Crippen LogP contribution >= 0.6 is 0 Å². The molecule has 2 rings (SSSR count). The molecular formula is C21H28BN5O5. The van der Waals surface area contributed by atoms with Gasteiger partial charge in [0, 0.05) is 18.8 Å². The average molecular weight is 441 g/mol. The van der Waals surface area contributed by atoms with Gasteiger partial charge in [0.15, 0.2) is 0 Å². The molecule has 0 aliphatic heterocycles. The molecule has 32 heavy (non-hydrogen) atoms. The summed E-state index contributed by atoms with van der Waals surface area (Å²) in [6.07, 6.45) is 4.59. The lowest BCUT2D eigenvalue weighted by molar-refractivity contribution is -0.128. The predicted octanol–water partition coefficient (Wildman–Crippen LogP) is -0.523. The molecule has 0 bridgehead atoms. The summed E-state index contributed by atoms with van der Waals surface area (Å²) in [5, 5.41) is 26.9. The third kappa shape index (κ3) is 8.44. The van der Waals surface area contributed by atoms with E-state index in [1.165, 1.54) is 18.6 Å². The SMILES string of the molecule is CC(C)CC(NC(=O)[C@H](Cc1ccccc1)NC(=O)CNC(=O)c1cnccn1)B(O)O. The largest absolute Gasteiger partial charge is 0.475 e. The van der Waals surface area contributed by atoms with E-state index in [0.29, 0.717) is 6.42 Å². The highest BCUT2D eigenvalue weighted by Gasteiger charge is 2.30. The third-order valence-corrected chi connectivity index (χ3v) is 4.55. The van der Waals surface area contributed by atoms with Gasteiger partial charge in [-0.3, -0.25) is 19.4 Å². The topological polar surface area (TPSA) is 154 Å². The van der Waals surface area contributed by atoms with E-state index in [1.54, 1.807) is 0 Å². The Kier molecular flexibility index (Phi) is 9.77. The van der Waals surface area contributed by atoms with Gasteiger partial charge in [-0.25, -0.2) is 4.98 Å². The Morgan fingerprint density at radius 3 is 2.38 bits per heavy atom. The fraction of sp³-hybridized carbons (Fsp3) is 0.381. The van der Waals surface area contributed by atoms with E-state index in [4.69, 9.17) is 0 Å². The Labute approximate surface area is 187 Å². The molecule has 0 fully saturated rings. The fourth-order valence-corrected chi connectivity index (χ4v) is 3.02. The fourth-order valence-electron chi connectivity index (χ4n) is 3.02. The van der Waals surface area contributed by atoms with Crippen LogP contribution in [0.4, 0.5) is 0 Å². The number of benzene rings is 1. The number of hydrogen-bond donors (Lipinski definition) is 5. The molecule has 0 saturated heterocycles. The van der Waals surface area contributed by atoms with E-state index in [-0.39, 0.29) is 24.6 Å². The first kappa shape index (κ1) is 25.0. The summed E-state index contributed by atoms with van der Waals surface area (Å²) >= 11 is 0. The molecule has 10 nitrogen and oxygen atoms in total. The Hall–Kier alpha value is -3.31. The summed E-state index contributed by atoms with van der Waals surface area (Å²) < 4.78 is 0. The zero-order chi connectivity index (χ0) is 23.5. The predicted molar refractivity (Wildman–Crippen MR) is 118 cm³/mol. The van der Waals surface area contributed by atoms with Crippen molar-refractivity contribution in [2.75, 3.05) is 6.54 Å². The van der Waals surface area contributed by atoms with Crippen LogP contribution in [0.2, 0.25) is 0 Å². The van der Waals surface area contributed by atoms with Gasteiger partial charge in [-0.2, -0.15) is 0 Å². The first-order valence-electron chi connectivity index (χ1n) is 10.3. The lowest BCUT2D eigenvalue weighted by atomic mass is 9.75. The second kappa shape index (κ2) is 12.5. The van der Waals surface area contributed by atoms with Crippen LogP contribution < -0.4 is 16.0 Å². The zero-order valence-electron chi connectivity index (χ0n) is 18.1. The lowest BCUT2D eigenvalue weighted by Crippen LogP contribution is -2.56. The summed E-state index contributed by atoms with van der Waals surface area (Å²) in [5.41, 5.74) is 0.869. The molecule has 1 aromatic carbocycles. The van der Waals surface area contributed by atoms with Crippen molar-refractivity contribution in [3.63, 3.8) is 0 Å². The van der Waals surface area contributed by atoms with Gasteiger partial charge in [0.05, 0.1) is 18.7 Å². The normalized spacial score (nSPS) is 12.5. The highest BCUT2D eigenvalue weighted by Crippen LogP contribution is 2.08. The van der Waals surface area contributed by atoms with Crippen LogP contribution in [-0.4, -0.2) is 63.4 Å². The van der Waals surface area contributed by atoms with Crippen molar-refractivity contribution in [1.29, 1.82) is 0 Å². The third-order valence-electron chi connectivity index (χ3n) is 4.55. The zero-order valence-corrected chi connectivity index (χ0v) is 18.1. The molecule has 5 N–H and O–H groups in total. The summed E-state index contributed by atoms with van der Waals surface area (Å²) in [7, 11) is -1.74. The van der Waals surface area contributed by atoms with E-state index < -0.39 is 36.8 Å². The minimum Gasteiger partial charge on any atom is -0.426 e. The Balaban J connectivity index is 2.04. The first-order chi connectivity index (χ1) is 15.3. The van der Waals surface area contributed by atoms with Gasteiger partial charge in [0.1, 0.15) is 11.7 Å². The van der Waals surface area contributed by atoms with Crippen molar-refractivity contribution in [2.24, 2.45) is 5.92 Å². The second-order valence-corrected chi connectivity index (χ2v) is 7.74. The highest BCUT2D eigenvalue weighted by atomic mass is 16.4. The minimum atomic E-state index is -1.74. The molecule has 0 aliphatic rings. The number of aromatic nitrogens is 2. The highest BCUT2D eigenvalue weighted by molar-refractivity contribution is 6.43. The molecular weight excluding hydrogens is 413 g/mol. The summed E-state index contributed by atoms with van der Waals surface area (Å²) in [5.74, 6) is -2.48. The molecule has 0 radical (unpaired) electrons. The molecule has 170 valence electrons. The lowest BCUT2D eigenvalue weighted by Gasteiger charge is -2.24. The number of rotatable bonds is 11. The average Bonchev–Trinajstić information content (AvgIpc) is 2.77. The number of carbonyl (C=O) groups excluding carboxylic acids is 3. The van der Waals surface area contributed by atoms with Gasteiger partial charge in [-0.1, -0.05) is 44.2 Å². The van der Waals surface area contributed by atoms with Crippen molar-refractivity contribution in [3.05, 3.63) is 60.2 Å². The molecule has 11 heteroatoms. The van der Waals surface area contributed by atoms with Crippen molar-refractivity contribution in [3.8, 4) is 0 Å². The van der Waals surface area contributed by atoms with Crippen molar-refractivity contribution in [1.82, 2.24) is 25.9 Å². The van der Waals surface area contributed by atoms with Crippen molar-refractivity contribution in [2.45, 2.75) is 38.7 Å². The van der Waals surface area contributed by atoms with Crippen LogP contribution in [-0.2, 0) is 16.0 Å². The number of nitrogens with zero attached hydrogens (tertiary/aromatic N) is 2. The van der Waals surface area contributed by atoms with Crippen LogP contribution in [0, 0.1) is 5.92 Å². The molecule has 0 aliphatic carbocycles. The molecule has 0 spiro atoms. The number of amides is 3. The molecule has 2 aromatic rings. The van der Waals surface area contributed by atoms with Gasteiger partial charge in [0.25, 0.3) is 5.91 Å². The van der Waals surface area contributed by atoms with E-state index in [0.717, 1.165) is 5.56 Å². The van der Waals surface area contributed by atoms with Crippen LogP contribution in [0.3, 0.4) is 0 Å². The molecule has 2 atom stereocenters. The van der Waals surface area contributed by atoms with E-state index in [9.17, 15) is 24.4 Å². The van der Waals surface area contributed by atoms with Gasteiger partial charge in [-0.15, -0.1) is 0 Å². The van der Waals surface area contributed by atoms with E-state index >= 15 is 0 Å². The number of carbonyl (C=O) groups is 3. The maximum atomic E-state index is 12.9. The molecule has 1 heterocycles. The van der Waals surface area contributed by atoms with Gasteiger partial charge in [0.2, 0.25) is 11.8 Å². The van der Waals surface area contributed by atoms with Gasteiger partial charge in [-0.05, 0) is 17.9 Å². The first-order valence-corrected chi connectivity index (χ1v) is 10.3. The Morgan fingerprint density at radius 1 is 1.06 bits per heavy atom.